The van der Waals surface area contributed by atoms with Gasteiger partial charge in [0.25, 0.3) is 11.6 Å². The normalized spacial score (nSPS) is 11.7. The number of carbonyl (C=O) groups excluding carboxylic acids is 1. The fourth-order valence-corrected chi connectivity index (χ4v) is 1.76. The monoisotopic (exact) mass is 266 g/mol. The third-order valence-corrected chi connectivity index (χ3v) is 2.71. The summed E-state index contributed by atoms with van der Waals surface area (Å²) in [5.74, 6) is 4.95. The molecule has 0 aromatic heterocycles. The molecule has 1 amide bonds. The summed E-state index contributed by atoms with van der Waals surface area (Å²) < 4.78 is 0. The molecule has 1 unspecified atom stereocenters. The lowest BCUT2D eigenvalue weighted by molar-refractivity contribution is -0.384. The van der Waals surface area contributed by atoms with Crippen LogP contribution in [0.4, 0.5) is 11.4 Å². The largest absolute Gasteiger partial charge is 0.350 e. The summed E-state index contributed by atoms with van der Waals surface area (Å²) in [6.07, 6.45) is 1.85. The van der Waals surface area contributed by atoms with Crippen LogP contribution in [0, 0.1) is 10.1 Å². The zero-order valence-corrected chi connectivity index (χ0v) is 11.0. The molecule has 0 aliphatic carbocycles. The molecule has 0 aliphatic rings. The van der Waals surface area contributed by atoms with Crippen LogP contribution < -0.4 is 16.6 Å². The molecule has 0 saturated carbocycles. The summed E-state index contributed by atoms with van der Waals surface area (Å²) in [6.45, 7) is 3.94. The van der Waals surface area contributed by atoms with Crippen molar-refractivity contribution in [2.45, 2.75) is 32.7 Å². The van der Waals surface area contributed by atoms with Crippen molar-refractivity contribution in [3.63, 3.8) is 0 Å². The Balaban J connectivity index is 2.90. The number of nitrogen functional groups attached to an aromatic ring is 1. The molecule has 7 nitrogen and oxygen atoms in total. The topological polar surface area (TPSA) is 110 Å². The van der Waals surface area contributed by atoms with Gasteiger partial charge in [-0.15, -0.1) is 0 Å². The van der Waals surface area contributed by atoms with Crippen LogP contribution in [0.25, 0.3) is 0 Å². The Morgan fingerprint density at radius 1 is 1.53 bits per heavy atom. The van der Waals surface area contributed by atoms with Gasteiger partial charge in [-0.05, 0) is 25.5 Å². The van der Waals surface area contributed by atoms with Crippen LogP contribution in [-0.4, -0.2) is 16.9 Å². The molecular formula is C12H18N4O3. The molecule has 1 aromatic rings. The second kappa shape index (κ2) is 6.69. The molecule has 7 heteroatoms. The average Bonchev–Trinajstić information content (AvgIpc) is 2.37. The molecule has 0 fully saturated rings. The van der Waals surface area contributed by atoms with Crippen molar-refractivity contribution in [3.05, 3.63) is 33.9 Å². The lowest BCUT2D eigenvalue weighted by Gasteiger charge is -2.13. The summed E-state index contributed by atoms with van der Waals surface area (Å²) in [7, 11) is 0. The van der Waals surface area contributed by atoms with E-state index in [1.54, 1.807) is 0 Å². The van der Waals surface area contributed by atoms with Crippen molar-refractivity contribution in [2.75, 3.05) is 5.43 Å². The first-order chi connectivity index (χ1) is 8.99. The van der Waals surface area contributed by atoms with Crippen LogP contribution >= 0.6 is 0 Å². The second-order valence-electron chi connectivity index (χ2n) is 4.30. The molecule has 1 aromatic carbocycles. The van der Waals surface area contributed by atoms with Gasteiger partial charge in [0, 0.05) is 17.7 Å². The Bertz CT molecular complexity index is 476. The molecule has 1 rings (SSSR count). The Morgan fingerprint density at radius 2 is 2.21 bits per heavy atom. The molecule has 1 atom stereocenters. The maximum Gasteiger partial charge on any atom is 0.293 e. The number of nitrogens with zero attached hydrogens (tertiary/aromatic N) is 1. The van der Waals surface area contributed by atoms with Crippen molar-refractivity contribution in [1.82, 2.24) is 5.32 Å². The summed E-state index contributed by atoms with van der Waals surface area (Å²) in [6, 6.07) is 4.09. The van der Waals surface area contributed by atoms with Gasteiger partial charge in [-0.25, -0.2) is 0 Å². The van der Waals surface area contributed by atoms with Crippen molar-refractivity contribution in [3.8, 4) is 0 Å². The van der Waals surface area contributed by atoms with E-state index in [0.717, 1.165) is 12.8 Å². The van der Waals surface area contributed by atoms with Crippen LogP contribution in [0.2, 0.25) is 0 Å². The maximum absolute atomic E-state index is 11.9. The highest BCUT2D eigenvalue weighted by Crippen LogP contribution is 2.24. The number of nitrogens with one attached hydrogen (secondary N) is 2. The van der Waals surface area contributed by atoms with Crippen LogP contribution in [-0.2, 0) is 0 Å². The highest BCUT2D eigenvalue weighted by atomic mass is 16.6. The van der Waals surface area contributed by atoms with Crippen LogP contribution in [0.5, 0.6) is 0 Å². The molecule has 19 heavy (non-hydrogen) atoms. The van der Waals surface area contributed by atoms with Gasteiger partial charge in [-0.3, -0.25) is 20.8 Å². The number of hydrazine groups is 1. The van der Waals surface area contributed by atoms with Crippen LogP contribution in [0.15, 0.2) is 18.2 Å². The minimum absolute atomic E-state index is 0.0574. The minimum Gasteiger partial charge on any atom is -0.350 e. The van der Waals surface area contributed by atoms with Crippen LogP contribution in [0.3, 0.4) is 0 Å². The van der Waals surface area contributed by atoms with Gasteiger partial charge in [-0.1, -0.05) is 13.3 Å². The van der Waals surface area contributed by atoms with Crippen LogP contribution in [0.1, 0.15) is 37.0 Å². The fourth-order valence-electron chi connectivity index (χ4n) is 1.76. The summed E-state index contributed by atoms with van der Waals surface area (Å²) in [4.78, 5) is 22.1. The molecular weight excluding hydrogens is 248 g/mol. The number of rotatable bonds is 6. The Hall–Kier alpha value is -2.15. The quantitative estimate of drug-likeness (QED) is 0.413. The number of nitro groups is 1. The van der Waals surface area contributed by atoms with Crippen molar-refractivity contribution in [2.24, 2.45) is 5.84 Å². The average molecular weight is 266 g/mol. The molecule has 0 spiro atoms. The Morgan fingerprint density at radius 3 is 2.74 bits per heavy atom. The van der Waals surface area contributed by atoms with E-state index in [9.17, 15) is 14.9 Å². The fraction of sp³-hybridized carbons (Fsp3) is 0.417. The summed E-state index contributed by atoms with van der Waals surface area (Å²) >= 11 is 0. The van der Waals surface area contributed by atoms with E-state index in [1.165, 1.54) is 18.2 Å². The number of benzene rings is 1. The molecule has 4 N–H and O–H groups in total. The van der Waals surface area contributed by atoms with Gasteiger partial charge in [0.05, 0.1) is 4.92 Å². The smallest absolute Gasteiger partial charge is 0.293 e. The van der Waals surface area contributed by atoms with E-state index in [0.29, 0.717) is 5.56 Å². The lowest BCUT2D eigenvalue weighted by atomic mass is 10.1. The van der Waals surface area contributed by atoms with E-state index < -0.39 is 4.92 Å². The molecule has 104 valence electrons. The van der Waals surface area contributed by atoms with E-state index in [4.69, 9.17) is 5.84 Å². The van der Waals surface area contributed by atoms with Gasteiger partial charge < -0.3 is 10.7 Å². The highest BCUT2D eigenvalue weighted by Gasteiger charge is 2.16. The van der Waals surface area contributed by atoms with Gasteiger partial charge in [0.15, 0.2) is 0 Å². The molecule has 0 aliphatic heterocycles. The van der Waals surface area contributed by atoms with Gasteiger partial charge in [-0.2, -0.15) is 0 Å². The number of hydrogen-bond acceptors (Lipinski definition) is 5. The standard InChI is InChI=1S/C12H18N4O3/c1-3-4-8(2)14-12(17)9-5-6-11(16(18)19)10(7-9)15-13/h5-8,15H,3-4,13H2,1-2H3,(H,14,17). The molecule has 0 bridgehead atoms. The first kappa shape index (κ1) is 14.9. The maximum atomic E-state index is 11.9. The highest BCUT2D eigenvalue weighted by molar-refractivity contribution is 5.96. The van der Waals surface area contributed by atoms with E-state index in [1.807, 2.05) is 13.8 Å². The van der Waals surface area contributed by atoms with Crippen molar-refractivity contribution in [1.29, 1.82) is 0 Å². The Kier molecular flexibility index (Phi) is 5.25. The lowest BCUT2D eigenvalue weighted by Crippen LogP contribution is -2.32. The Labute approximate surface area is 111 Å². The van der Waals surface area contributed by atoms with Gasteiger partial charge >= 0.3 is 0 Å². The number of amides is 1. The number of hydrogen-bond donors (Lipinski definition) is 3. The third-order valence-electron chi connectivity index (χ3n) is 2.71. The summed E-state index contributed by atoms with van der Waals surface area (Å²) in [5.41, 5.74) is 2.51. The number of carbonyl (C=O) groups is 1. The SMILES string of the molecule is CCCC(C)NC(=O)c1ccc([N+](=O)[O-])c(NN)c1. The van der Waals surface area contributed by atoms with Crippen molar-refractivity contribution < 1.29 is 9.72 Å². The molecule has 0 radical (unpaired) electrons. The number of anilines is 1. The van der Waals surface area contributed by atoms with E-state index in [2.05, 4.69) is 10.7 Å². The third kappa shape index (κ3) is 3.92. The first-order valence-electron chi connectivity index (χ1n) is 6.05. The second-order valence-corrected chi connectivity index (χ2v) is 4.30. The number of nitrogens with two attached hydrogens (primary N) is 1. The van der Waals surface area contributed by atoms with Gasteiger partial charge in [0.2, 0.25) is 0 Å². The molecule has 0 heterocycles. The van der Waals surface area contributed by atoms with E-state index >= 15 is 0 Å². The van der Waals surface area contributed by atoms with E-state index in [-0.39, 0.29) is 23.3 Å². The van der Waals surface area contributed by atoms with Gasteiger partial charge in [0.1, 0.15) is 5.69 Å². The summed E-state index contributed by atoms with van der Waals surface area (Å²) in [5, 5.41) is 13.6. The minimum atomic E-state index is -0.559. The van der Waals surface area contributed by atoms with Crippen molar-refractivity contribution >= 4 is 17.3 Å². The predicted molar refractivity (Wildman–Crippen MR) is 72.7 cm³/mol. The zero-order valence-electron chi connectivity index (χ0n) is 11.0. The first-order valence-corrected chi connectivity index (χ1v) is 6.05. The number of nitro benzene ring substituents is 1. The predicted octanol–water partition coefficient (Wildman–Crippen LogP) is 1.80. The molecule has 0 saturated heterocycles. The zero-order chi connectivity index (χ0) is 14.4.